The fourth-order valence-electron chi connectivity index (χ4n) is 2.25. The van der Waals surface area contributed by atoms with Crippen LogP contribution in [0.2, 0.25) is 0 Å². The van der Waals surface area contributed by atoms with Gasteiger partial charge in [0, 0.05) is 24.3 Å². The van der Waals surface area contributed by atoms with E-state index in [0.717, 1.165) is 5.88 Å². The average molecular weight is 305 g/mol. The molecule has 0 aliphatic carbocycles. The Labute approximate surface area is 129 Å². The molecule has 2 nitrogen and oxygen atoms in total. The van der Waals surface area contributed by atoms with Crippen LogP contribution in [-0.2, 0) is 0 Å². The van der Waals surface area contributed by atoms with Crippen LogP contribution in [0, 0.1) is 0 Å². The molecule has 0 N–H and O–H groups in total. The fourth-order valence-corrected chi connectivity index (χ4v) is 2.44. The summed E-state index contributed by atoms with van der Waals surface area (Å²) in [6.07, 6.45) is 10.1. The Morgan fingerprint density at radius 2 is 2.21 bits per heavy atom. The summed E-state index contributed by atoms with van der Waals surface area (Å²) in [6, 6.07) is 4.79. The van der Waals surface area contributed by atoms with Crippen LogP contribution in [-0.4, -0.2) is 29.4 Å². The molecule has 4 heteroatoms. The van der Waals surface area contributed by atoms with Gasteiger partial charge in [0.1, 0.15) is 0 Å². The van der Waals surface area contributed by atoms with Crippen molar-refractivity contribution in [3.05, 3.63) is 30.1 Å². The van der Waals surface area contributed by atoms with Crippen LogP contribution in [0.5, 0.6) is 0 Å². The molecule has 1 aliphatic heterocycles. The predicted octanol–water partition coefficient (Wildman–Crippen LogP) is 4.69. The van der Waals surface area contributed by atoms with E-state index in [9.17, 15) is 0 Å². The molecular weight excluding hydrogens is 279 g/mol. The van der Waals surface area contributed by atoms with E-state index in [0.29, 0.717) is 6.04 Å². The summed E-state index contributed by atoms with van der Waals surface area (Å²) in [5.74, 6) is 0.827. The summed E-state index contributed by atoms with van der Waals surface area (Å²) in [7, 11) is 2.19. The van der Waals surface area contributed by atoms with Gasteiger partial charge < -0.3 is 0 Å². The third-order valence-corrected chi connectivity index (χ3v) is 3.59. The zero-order chi connectivity index (χ0) is 13.2. The van der Waals surface area contributed by atoms with Crippen LogP contribution >= 0.6 is 24.0 Å². The van der Waals surface area contributed by atoms with Gasteiger partial charge in [-0.2, -0.15) is 0 Å². The lowest BCUT2D eigenvalue weighted by Crippen LogP contribution is -2.17. The molecule has 1 aliphatic rings. The average Bonchev–Trinajstić information content (AvgIpc) is 2.84. The molecule has 110 valence electrons. The summed E-state index contributed by atoms with van der Waals surface area (Å²) in [5, 5.41) is 0. The first-order chi connectivity index (χ1) is 8.79. The fraction of sp³-hybridized carbons (Fsp3) is 0.667. The molecular formula is C15H26Cl2N2. The molecule has 1 aromatic rings. The maximum Gasteiger partial charge on any atom is 0.0360 e. The van der Waals surface area contributed by atoms with Crippen LogP contribution in [0.15, 0.2) is 24.5 Å². The topological polar surface area (TPSA) is 16.1 Å². The third kappa shape index (κ3) is 7.14. The van der Waals surface area contributed by atoms with Crippen molar-refractivity contribution in [2.75, 3.05) is 19.5 Å². The minimum absolute atomic E-state index is 0. The minimum atomic E-state index is 0. The summed E-state index contributed by atoms with van der Waals surface area (Å²) >= 11 is 5.38. The lowest BCUT2D eigenvalue weighted by molar-refractivity contribution is 0.317. The molecule has 0 spiro atoms. The van der Waals surface area contributed by atoms with Crippen LogP contribution in [0.3, 0.4) is 0 Å². The largest absolute Gasteiger partial charge is 0.299 e. The van der Waals surface area contributed by atoms with Gasteiger partial charge >= 0.3 is 0 Å². The molecule has 0 saturated carbocycles. The summed E-state index contributed by atoms with van der Waals surface area (Å²) in [4.78, 5) is 6.54. The van der Waals surface area contributed by atoms with E-state index in [1.54, 1.807) is 0 Å². The van der Waals surface area contributed by atoms with Crippen molar-refractivity contribution < 1.29 is 0 Å². The molecule has 1 aromatic heterocycles. The van der Waals surface area contributed by atoms with Crippen molar-refractivity contribution >= 4 is 24.0 Å². The number of alkyl halides is 1. The second-order valence-corrected chi connectivity index (χ2v) is 5.20. The van der Waals surface area contributed by atoms with E-state index >= 15 is 0 Å². The number of aromatic nitrogens is 1. The highest BCUT2D eigenvalue weighted by atomic mass is 35.5. The Morgan fingerprint density at radius 1 is 1.42 bits per heavy atom. The Kier molecular flexibility index (Phi) is 11.3. The minimum Gasteiger partial charge on any atom is -0.299 e. The number of rotatable bonds is 4. The van der Waals surface area contributed by atoms with Gasteiger partial charge in [0.15, 0.2) is 0 Å². The van der Waals surface area contributed by atoms with Crippen molar-refractivity contribution in [2.24, 2.45) is 0 Å². The molecule has 0 aromatic carbocycles. The van der Waals surface area contributed by atoms with E-state index in [-0.39, 0.29) is 12.4 Å². The quantitative estimate of drug-likeness (QED) is 0.593. The molecule has 2 heterocycles. The van der Waals surface area contributed by atoms with Crippen LogP contribution < -0.4 is 0 Å². The molecule has 2 rings (SSSR count). The van der Waals surface area contributed by atoms with E-state index in [4.69, 9.17) is 11.6 Å². The van der Waals surface area contributed by atoms with Gasteiger partial charge in [0.2, 0.25) is 0 Å². The lowest BCUT2D eigenvalue weighted by atomic mass is 10.1. The first-order valence-electron chi connectivity index (χ1n) is 6.95. The standard InChI is InChI=1S/C10H14N2.C5H11Cl.ClH/c1-12-7-3-5-10(12)9-4-2-6-11-8-9;1-2-3-4-5-6;/h2,4,6,8,10H,3,5,7H2,1H3;2-5H2,1H3;1H/t10-;;/m0../s1. The number of likely N-dealkylation sites (tertiary alicyclic amines) is 1. The lowest BCUT2D eigenvalue weighted by Gasteiger charge is -2.18. The Morgan fingerprint density at radius 3 is 2.63 bits per heavy atom. The van der Waals surface area contributed by atoms with Gasteiger partial charge in [-0.1, -0.05) is 25.8 Å². The highest BCUT2D eigenvalue weighted by Crippen LogP contribution is 2.29. The van der Waals surface area contributed by atoms with E-state index in [1.807, 2.05) is 18.5 Å². The molecule has 0 unspecified atom stereocenters. The molecule has 0 radical (unpaired) electrons. The monoisotopic (exact) mass is 304 g/mol. The molecule has 1 atom stereocenters. The number of hydrogen-bond acceptors (Lipinski definition) is 2. The molecule has 19 heavy (non-hydrogen) atoms. The summed E-state index contributed by atoms with van der Waals surface area (Å²) < 4.78 is 0. The van der Waals surface area contributed by atoms with Crippen molar-refractivity contribution in [3.8, 4) is 0 Å². The van der Waals surface area contributed by atoms with E-state index < -0.39 is 0 Å². The predicted molar refractivity (Wildman–Crippen MR) is 86.3 cm³/mol. The number of hydrogen-bond donors (Lipinski definition) is 0. The number of unbranched alkanes of at least 4 members (excludes halogenated alkanes) is 2. The highest BCUT2D eigenvalue weighted by Gasteiger charge is 2.21. The SMILES string of the molecule is CCCCCCl.CN1CCC[C@H]1c1cccnc1.Cl. The zero-order valence-corrected chi connectivity index (χ0v) is 13.6. The van der Waals surface area contributed by atoms with Crippen LogP contribution in [0.1, 0.15) is 50.6 Å². The van der Waals surface area contributed by atoms with Crippen molar-refractivity contribution in [3.63, 3.8) is 0 Å². The van der Waals surface area contributed by atoms with Gasteiger partial charge in [-0.3, -0.25) is 9.88 Å². The van der Waals surface area contributed by atoms with Gasteiger partial charge in [-0.25, -0.2) is 0 Å². The second kappa shape index (κ2) is 11.5. The second-order valence-electron chi connectivity index (χ2n) is 4.82. The van der Waals surface area contributed by atoms with Crippen LogP contribution in [0.4, 0.5) is 0 Å². The van der Waals surface area contributed by atoms with Crippen molar-refractivity contribution in [1.82, 2.24) is 9.88 Å². The number of halogens is 2. The molecule has 1 saturated heterocycles. The summed E-state index contributed by atoms with van der Waals surface area (Å²) in [5.41, 5.74) is 1.36. The Balaban J connectivity index is 0.000000404. The number of pyridine rings is 1. The Hall–Kier alpha value is -0.310. The molecule has 1 fully saturated rings. The smallest absolute Gasteiger partial charge is 0.0360 e. The van der Waals surface area contributed by atoms with E-state index in [1.165, 1.54) is 44.2 Å². The van der Waals surface area contributed by atoms with Crippen molar-refractivity contribution in [1.29, 1.82) is 0 Å². The Bertz CT molecular complexity index is 302. The van der Waals surface area contributed by atoms with Gasteiger partial charge in [0.25, 0.3) is 0 Å². The third-order valence-electron chi connectivity index (χ3n) is 3.33. The van der Waals surface area contributed by atoms with Gasteiger partial charge in [0.05, 0.1) is 0 Å². The van der Waals surface area contributed by atoms with Crippen molar-refractivity contribution in [2.45, 2.75) is 45.1 Å². The normalized spacial score (nSPS) is 18.4. The maximum absolute atomic E-state index is 5.38. The molecule has 0 amide bonds. The summed E-state index contributed by atoms with van der Waals surface area (Å²) in [6.45, 7) is 3.39. The highest BCUT2D eigenvalue weighted by molar-refractivity contribution is 6.17. The van der Waals surface area contributed by atoms with Crippen LogP contribution in [0.25, 0.3) is 0 Å². The molecule has 0 bridgehead atoms. The first kappa shape index (κ1) is 18.7. The van der Waals surface area contributed by atoms with Gasteiger partial charge in [-0.05, 0) is 44.5 Å². The van der Waals surface area contributed by atoms with Gasteiger partial charge in [-0.15, -0.1) is 24.0 Å². The number of nitrogens with zero attached hydrogens (tertiary/aromatic N) is 2. The maximum atomic E-state index is 5.38. The first-order valence-corrected chi connectivity index (χ1v) is 7.49. The zero-order valence-electron chi connectivity index (χ0n) is 12.0. The van der Waals surface area contributed by atoms with E-state index in [2.05, 4.69) is 29.9 Å².